The van der Waals surface area contributed by atoms with Gasteiger partial charge in [0.05, 0.1) is 5.56 Å². The molecule has 1 aliphatic rings. The van der Waals surface area contributed by atoms with Crippen molar-refractivity contribution >= 4 is 34.3 Å². The summed E-state index contributed by atoms with van der Waals surface area (Å²) in [6, 6.07) is 19.0. The highest BCUT2D eigenvalue weighted by molar-refractivity contribution is 6.07. The second-order valence-electron chi connectivity index (χ2n) is 6.46. The molecule has 2 amide bonds. The Morgan fingerprint density at radius 2 is 1.55 bits per heavy atom. The molecule has 0 aromatic heterocycles. The first kappa shape index (κ1) is 18.4. The molecule has 0 saturated carbocycles. The Hall–Kier alpha value is -4.00. The van der Waals surface area contributed by atoms with E-state index < -0.39 is 30.9 Å². The summed E-state index contributed by atoms with van der Waals surface area (Å²) in [7, 11) is 0. The van der Waals surface area contributed by atoms with Gasteiger partial charge in [0, 0.05) is 10.7 Å². The molecule has 7 nitrogen and oxygen atoms in total. The minimum Gasteiger partial charge on any atom is -0.453 e. The highest BCUT2D eigenvalue weighted by atomic mass is 16.5. The molecule has 142 valence electrons. The lowest BCUT2D eigenvalue weighted by Gasteiger charge is -2.07. The molecule has 3 aromatic rings. The molecule has 0 N–H and O–H groups in total. The fourth-order valence-corrected chi connectivity index (χ4v) is 3.07. The van der Waals surface area contributed by atoms with Crippen LogP contribution in [0.3, 0.4) is 0 Å². The zero-order valence-corrected chi connectivity index (χ0v) is 15.2. The van der Waals surface area contributed by atoms with Crippen molar-refractivity contribution in [3.05, 3.63) is 83.4 Å². The van der Waals surface area contributed by atoms with Crippen LogP contribution in [-0.2, 0) is 9.53 Å². The third-order valence-corrected chi connectivity index (χ3v) is 4.55. The van der Waals surface area contributed by atoms with Gasteiger partial charge >= 0.3 is 17.8 Å². The molecule has 0 bridgehead atoms. The van der Waals surface area contributed by atoms with Crippen molar-refractivity contribution in [1.29, 1.82) is 0 Å². The number of carbonyl (C=O) groups excluding carboxylic acids is 4. The van der Waals surface area contributed by atoms with Gasteiger partial charge in [0.1, 0.15) is 5.56 Å². The number of azo groups is 2. The first-order valence-electron chi connectivity index (χ1n) is 8.87. The van der Waals surface area contributed by atoms with E-state index in [9.17, 15) is 19.2 Å². The van der Waals surface area contributed by atoms with Crippen molar-refractivity contribution in [2.45, 2.75) is 0 Å². The van der Waals surface area contributed by atoms with E-state index in [4.69, 9.17) is 4.74 Å². The topological polar surface area (TPSA) is 92.9 Å². The second-order valence-corrected chi connectivity index (χ2v) is 6.46. The smallest absolute Gasteiger partial charge is 0.445 e. The van der Waals surface area contributed by atoms with Crippen LogP contribution in [0, 0.1) is 0 Å². The predicted molar refractivity (Wildman–Crippen MR) is 102 cm³/mol. The maximum Gasteiger partial charge on any atom is 0.445 e. The van der Waals surface area contributed by atoms with E-state index >= 15 is 0 Å². The van der Waals surface area contributed by atoms with Crippen molar-refractivity contribution in [3.63, 3.8) is 0 Å². The fourth-order valence-electron chi connectivity index (χ4n) is 3.07. The van der Waals surface area contributed by atoms with Crippen LogP contribution in [0.15, 0.2) is 71.8 Å². The Morgan fingerprint density at radius 1 is 0.862 bits per heavy atom. The Kier molecular flexibility index (Phi) is 4.78. The quantitative estimate of drug-likeness (QED) is 0.381. The maximum atomic E-state index is 12.4. The van der Waals surface area contributed by atoms with Gasteiger partial charge in [-0.05, 0) is 33.7 Å². The number of hydrogen-bond acceptors (Lipinski definition) is 5. The number of hydrogen-bond donors (Lipinski definition) is 0. The largest absolute Gasteiger partial charge is 0.453 e. The normalized spacial score (nSPS) is 13.0. The van der Waals surface area contributed by atoms with Crippen molar-refractivity contribution in [2.75, 3.05) is 13.2 Å². The number of fused-ring (bicyclic) bond motifs is 2. The number of ether oxygens (including phenoxy) is 1. The van der Waals surface area contributed by atoms with Gasteiger partial charge in [-0.15, -0.1) is 0 Å². The summed E-state index contributed by atoms with van der Waals surface area (Å²) in [4.78, 5) is 48.8. The first-order chi connectivity index (χ1) is 14.0. The van der Waals surface area contributed by atoms with Crippen LogP contribution >= 0.6 is 0 Å². The fraction of sp³-hybridized carbons (Fsp3) is 0.0909. The monoisotopic (exact) mass is 387 g/mol. The predicted octanol–water partition coefficient (Wildman–Crippen LogP) is 3.02. The summed E-state index contributed by atoms with van der Waals surface area (Å²) in [5.74, 6) is -2.38. The van der Waals surface area contributed by atoms with Crippen LogP contribution < -0.4 is 0 Å². The molecule has 4 rings (SSSR count). The average molecular weight is 387 g/mol. The van der Waals surface area contributed by atoms with Gasteiger partial charge in [-0.2, -0.15) is 0 Å². The van der Waals surface area contributed by atoms with Crippen molar-refractivity contribution in [1.82, 2.24) is 0 Å². The van der Waals surface area contributed by atoms with Gasteiger partial charge < -0.3 is 4.74 Å². The molecule has 29 heavy (non-hydrogen) atoms. The standard InChI is InChI=1S/C22H15N2O5/c25-19(16-10-9-14-5-1-2-6-15(14)11-16)13-29-20(26)12-24-22(28)18-8-4-3-7-17(18)21(27)23-24/h1-11H,12-13H2/q+1. The van der Waals surface area contributed by atoms with Crippen molar-refractivity contribution in [2.24, 2.45) is 5.11 Å². The third kappa shape index (κ3) is 3.70. The lowest BCUT2D eigenvalue weighted by atomic mass is 10.0. The van der Waals surface area contributed by atoms with Crippen LogP contribution in [-0.4, -0.2) is 41.4 Å². The zero-order valence-electron chi connectivity index (χ0n) is 15.2. The van der Waals surface area contributed by atoms with Crippen molar-refractivity contribution in [3.8, 4) is 0 Å². The number of ketones is 1. The molecule has 3 aromatic carbocycles. The molecular formula is C22H15N2O5+. The van der Waals surface area contributed by atoms with E-state index in [-0.39, 0.29) is 16.9 Å². The SMILES string of the molecule is O=C(C[N+]1=NC(=O)c2ccccc2C1=O)OCC(=O)c1ccc2ccccc2c1. The molecule has 1 heterocycles. The highest BCUT2D eigenvalue weighted by Crippen LogP contribution is 2.17. The molecular weight excluding hydrogens is 372 g/mol. The Balaban J connectivity index is 1.40. The van der Waals surface area contributed by atoms with E-state index in [1.54, 1.807) is 24.3 Å². The minimum atomic E-state index is -0.830. The molecule has 0 radical (unpaired) electrons. The zero-order chi connectivity index (χ0) is 20.4. The number of nitrogens with zero attached hydrogens (tertiary/aromatic N) is 2. The summed E-state index contributed by atoms with van der Waals surface area (Å²) in [5, 5.41) is 5.52. The molecule has 0 atom stereocenters. The van der Waals surface area contributed by atoms with E-state index in [1.807, 2.05) is 30.3 Å². The van der Waals surface area contributed by atoms with Gasteiger partial charge in [0.15, 0.2) is 12.4 Å². The van der Waals surface area contributed by atoms with E-state index in [0.29, 0.717) is 5.56 Å². The summed E-state index contributed by atoms with van der Waals surface area (Å²) in [6.07, 6.45) is 0. The number of benzene rings is 3. The van der Waals surface area contributed by atoms with Gasteiger partial charge in [-0.3, -0.25) is 9.59 Å². The number of esters is 1. The van der Waals surface area contributed by atoms with E-state index in [2.05, 4.69) is 5.11 Å². The summed E-state index contributed by atoms with van der Waals surface area (Å²) >= 11 is 0. The average Bonchev–Trinajstić information content (AvgIpc) is 2.75. The van der Waals surface area contributed by atoms with Gasteiger partial charge in [0.25, 0.3) is 6.54 Å². The van der Waals surface area contributed by atoms with E-state index in [1.165, 1.54) is 12.1 Å². The minimum absolute atomic E-state index is 0.174. The van der Waals surface area contributed by atoms with Gasteiger partial charge in [-0.1, -0.05) is 48.5 Å². The van der Waals surface area contributed by atoms with Crippen molar-refractivity contribution < 1.29 is 28.6 Å². The highest BCUT2D eigenvalue weighted by Gasteiger charge is 2.36. The molecule has 7 heteroatoms. The van der Waals surface area contributed by atoms with Crippen LogP contribution in [0.5, 0.6) is 0 Å². The summed E-state index contributed by atoms with van der Waals surface area (Å²) in [6.45, 7) is -1.02. The molecule has 0 fully saturated rings. The Bertz CT molecular complexity index is 1210. The summed E-state index contributed by atoms with van der Waals surface area (Å²) in [5.41, 5.74) is 0.778. The lowest BCUT2D eigenvalue weighted by molar-refractivity contribution is -0.485. The number of amides is 2. The lowest BCUT2D eigenvalue weighted by Crippen LogP contribution is -2.33. The Labute approximate surface area is 165 Å². The van der Waals surface area contributed by atoms with Gasteiger partial charge in [0.2, 0.25) is 0 Å². The number of rotatable bonds is 5. The maximum absolute atomic E-state index is 12.4. The van der Waals surface area contributed by atoms with Crippen LogP contribution in [0.25, 0.3) is 10.8 Å². The molecule has 0 aliphatic carbocycles. The molecule has 0 saturated heterocycles. The van der Waals surface area contributed by atoms with Crippen LogP contribution in [0.2, 0.25) is 0 Å². The second kappa shape index (κ2) is 7.55. The molecule has 0 spiro atoms. The molecule has 0 unspecified atom stereocenters. The van der Waals surface area contributed by atoms with Gasteiger partial charge in [-0.25, -0.2) is 9.59 Å². The van der Waals surface area contributed by atoms with Crippen LogP contribution in [0.1, 0.15) is 31.1 Å². The van der Waals surface area contributed by atoms with Crippen LogP contribution in [0.4, 0.5) is 0 Å². The number of Topliss-reactive ketones (excluding diaryl/α,β-unsaturated/α-hetero) is 1. The Morgan fingerprint density at radius 3 is 2.34 bits per heavy atom. The third-order valence-electron chi connectivity index (χ3n) is 4.55. The van der Waals surface area contributed by atoms with E-state index in [0.717, 1.165) is 15.5 Å². The summed E-state index contributed by atoms with van der Waals surface area (Å²) < 4.78 is 5.75. The molecule has 1 aliphatic heterocycles. The first-order valence-corrected chi connectivity index (χ1v) is 8.87. The number of carbonyl (C=O) groups is 4.